The van der Waals surface area contributed by atoms with E-state index in [4.69, 9.17) is 4.74 Å². The van der Waals surface area contributed by atoms with Crippen LogP contribution in [0.2, 0.25) is 0 Å². The fourth-order valence-electron chi connectivity index (χ4n) is 6.60. The molecule has 3 saturated carbocycles. The molecule has 0 aromatic carbocycles. The van der Waals surface area contributed by atoms with Crippen molar-refractivity contribution in [1.82, 2.24) is 0 Å². The number of ether oxygens (including phenoxy) is 1. The summed E-state index contributed by atoms with van der Waals surface area (Å²) in [6, 6.07) is 0. The van der Waals surface area contributed by atoms with Gasteiger partial charge in [-0.1, -0.05) is 64.5 Å². The second kappa shape index (κ2) is 12.4. The highest BCUT2D eigenvalue weighted by atomic mass is 16.5. The maximum atomic E-state index is 6.23. The molecule has 0 aliphatic heterocycles. The lowest BCUT2D eigenvalue weighted by molar-refractivity contribution is 0.0208. The molecule has 1 nitrogen and oxygen atoms in total. The first-order valence-electron chi connectivity index (χ1n) is 13.1. The van der Waals surface area contributed by atoms with E-state index in [0.717, 1.165) is 36.2 Å². The van der Waals surface area contributed by atoms with E-state index in [1.165, 1.54) is 103 Å². The van der Waals surface area contributed by atoms with Crippen LogP contribution in [0.25, 0.3) is 0 Å². The molecular formula is C27H48O. The summed E-state index contributed by atoms with van der Waals surface area (Å²) < 4.78 is 6.23. The molecule has 28 heavy (non-hydrogen) atoms. The molecule has 0 saturated heterocycles. The third-order valence-electron chi connectivity index (χ3n) is 8.40. The molecule has 0 aromatic heterocycles. The van der Waals surface area contributed by atoms with Gasteiger partial charge in [0.2, 0.25) is 0 Å². The predicted octanol–water partition coefficient (Wildman–Crippen LogP) is 8.33. The van der Waals surface area contributed by atoms with Crippen LogP contribution < -0.4 is 0 Å². The van der Waals surface area contributed by atoms with E-state index < -0.39 is 0 Å². The van der Waals surface area contributed by atoms with Crippen molar-refractivity contribution in [3.63, 3.8) is 0 Å². The van der Waals surface area contributed by atoms with Gasteiger partial charge in [-0.05, 0) is 93.8 Å². The highest BCUT2D eigenvalue weighted by Crippen LogP contribution is 2.41. The molecule has 0 spiro atoms. The molecule has 3 fully saturated rings. The van der Waals surface area contributed by atoms with Crippen LogP contribution in [-0.2, 0) is 4.74 Å². The van der Waals surface area contributed by atoms with Crippen molar-refractivity contribution < 1.29 is 4.74 Å². The van der Waals surface area contributed by atoms with E-state index in [0.29, 0.717) is 6.10 Å². The first-order valence-corrected chi connectivity index (χ1v) is 13.1. The summed E-state index contributed by atoms with van der Waals surface area (Å²) in [6.45, 7) is 5.53. The molecule has 0 radical (unpaired) electrons. The average molecular weight is 389 g/mol. The summed E-state index contributed by atoms with van der Waals surface area (Å²) in [5.74, 6) is 4.94. The second-order valence-electron chi connectivity index (χ2n) is 10.4. The molecule has 0 unspecified atom stereocenters. The molecular weight excluding hydrogens is 340 g/mol. The van der Waals surface area contributed by atoms with Gasteiger partial charge < -0.3 is 4.74 Å². The highest BCUT2D eigenvalue weighted by Gasteiger charge is 2.30. The Kier molecular flexibility index (Phi) is 9.92. The molecule has 3 aliphatic rings. The third-order valence-corrected chi connectivity index (χ3v) is 8.40. The monoisotopic (exact) mass is 388 g/mol. The van der Waals surface area contributed by atoms with Crippen molar-refractivity contribution in [2.75, 3.05) is 6.61 Å². The normalized spacial score (nSPS) is 37.4. The molecule has 0 aromatic rings. The highest BCUT2D eigenvalue weighted by molar-refractivity contribution is 4.91. The standard InChI is InChI=1S/C27H48O/c1-3-6-22-9-11-24(12-10-22)8-5-21-28-27-19-17-26(18-20-27)25-15-13-23(7-4-2)14-16-25/h5,8,22-27H,3-4,6-7,9-21H2,1-2H3/b8-5+. The Labute approximate surface area is 176 Å². The zero-order valence-corrected chi connectivity index (χ0v) is 19.0. The topological polar surface area (TPSA) is 9.23 Å². The van der Waals surface area contributed by atoms with Crippen LogP contribution in [0.5, 0.6) is 0 Å². The molecule has 0 bridgehead atoms. The molecule has 0 N–H and O–H groups in total. The van der Waals surface area contributed by atoms with Gasteiger partial charge in [0, 0.05) is 0 Å². The molecule has 0 atom stereocenters. The summed E-state index contributed by atoms with van der Waals surface area (Å²) >= 11 is 0. The summed E-state index contributed by atoms with van der Waals surface area (Å²) in [7, 11) is 0. The van der Waals surface area contributed by atoms with Crippen molar-refractivity contribution in [3.05, 3.63) is 12.2 Å². The minimum absolute atomic E-state index is 0.539. The number of hydrogen-bond acceptors (Lipinski definition) is 1. The minimum atomic E-state index is 0.539. The maximum absolute atomic E-state index is 6.23. The van der Waals surface area contributed by atoms with Crippen LogP contribution in [0.1, 0.15) is 117 Å². The van der Waals surface area contributed by atoms with Crippen LogP contribution in [0.3, 0.4) is 0 Å². The van der Waals surface area contributed by atoms with Gasteiger partial charge in [-0.25, -0.2) is 0 Å². The third kappa shape index (κ3) is 7.19. The van der Waals surface area contributed by atoms with E-state index in [9.17, 15) is 0 Å². The van der Waals surface area contributed by atoms with E-state index in [-0.39, 0.29) is 0 Å². The van der Waals surface area contributed by atoms with Crippen molar-refractivity contribution in [2.24, 2.45) is 29.6 Å². The van der Waals surface area contributed by atoms with Crippen LogP contribution >= 0.6 is 0 Å². The molecule has 1 heteroatoms. The summed E-state index contributed by atoms with van der Waals surface area (Å²) in [5, 5.41) is 0. The largest absolute Gasteiger partial charge is 0.374 e. The molecule has 162 valence electrons. The molecule has 0 heterocycles. The zero-order chi connectivity index (χ0) is 19.6. The lowest BCUT2D eigenvalue weighted by atomic mass is 9.70. The second-order valence-corrected chi connectivity index (χ2v) is 10.4. The molecule has 0 amide bonds. The van der Waals surface area contributed by atoms with E-state index in [1.807, 2.05) is 0 Å². The van der Waals surface area contributed by atoms with Gasteiger partial charge in [-0.2, -0.15) is 0 Å². The first-order chi connectivity index (χ1) is 13.8. The van der Waals surface area contributed by atoms with E-state index in [2.05, 4.69) is 26.0 Å². The van der Waals surface area contributed by atoms with Gasteiger partial charge in [-0.15, -0.1) is 0 Å². The SMILES string of the molecule is CCCC1CCC(/C=C/COC2CCC(C3CCC(CCC)CC3)CC2)CC1. The molecule has 3 rings (SSSR count). The maximum Gasteiger partial charge on any atom is 0.0651 e. The zero-order valence-electron chi connectivity index (χ0n) is 19.0. The Morgan fingerprint density at radius 3 is 1.68 bits per heavy atom. The van der Waals surface area contributed by atoms with Gasteiger partial charge in [0.05, 0.1) is 12.7 Å². The Morgan fingerprint density at radius 2 is 1.14 bits per heavy atom. The van der Waals surface area contributed by atoms with Crippen molar-refractivity contribution in [2.45, 2.75) is 123 Å². The summed E-state index contributed by atoms with van der Waals surface area (Å²) in [6.07, 6.45) is 28.3. The number of hydrogen-bond donors (Lipinski definition) is 0. The van der Waals surface area contributed by atoms with E-state index >= 15 is 0 Å². The fraction of sp³-hybridized carbons (Fsp3) is 0.926. The van der Waals surface area contributed by atoms with E-state index in [1.54, 1.807) is 0 Å². The number of rotatable bonds is 9. The summed E-state index contributed by atoms with van der Waals surface area (Å²) in [4.78, 5) is 0. The smallest absolute Gasteiger partial charge is 0.0651 e. The van der Waals surface area contributed by atoms with Crippen molar-refractivity contribution >= 4 is 0 Å². The Hall–Kier alpha value is -0.300. The summed E-state index contributed by atoms with van der Waals surface area (Å²) in [5.41, 5.74) is 0. The van der Waals surface area contributed by atoms with Gasteiger partial charge in [-0.3, -0.25) is 0 Å². The minimum Gasteiger partial charge on any atom is -0.374 e. The first kappa shape index (κ1) is 22.4. The van der Waals surface area contributed by atoms with Gasteiger partial charge in [0.1, 0.15) is 0 Å². The Bertz CT molecular complexity index is 418. The van der Waals surface area contributed by atoms with Crippen LogP contribution in [0, 0.1) is 29.6 Å². The van der Waals surface area contributed by atoms with Crippen molar-refractivity contribution in [3.8, 4) is 0 Å². The fourth-order valence-corrected chi connectivity index (χ4v) is 6.60. The van der Waals surface area contributed by atoms with Gasteiger partial charge in [0.25, 0.3) is 0 Å². The van der Waals surface area contributed by atoms with Crippen LogP contribution in [-0.4, -0.2) is 12.7 Å². The van der Waals surface area contributed by atoms with Crippen molar-refractivity contribution in [1.29, 1.82) is 0 Å². The Morgan fingerprint density at radius 1 is 0.643 bits per heavy atom. The van der Waals surface area contributed by atoms with Crippen LogP contribution in [0.15, 0.2) is 12.2 Å². The van der Waals surface area contributed by atoms with Crippen LogP contribution in [0.4, 0.5) is 0 Å². The lowest BCUT2D eigenvalue weighted by Gasteiger charge is -2.37. The predicted molar refractivity (Wildman–Crippen MR) is 122 cm³/mol. The number of allylic oxidation sites excluding steroid dienone is 1. The quantitative estimate of drug-likeness (QED) is 0.361. The lowest BCUT2D eigenvalue weighted by Crippen LogP contribution is -2.28. The average Bonchev–Trinajstić information content (AvgIpc) is 2.74. The Balaban J connectivity index is 1.25. The van der Waals surface area contributed by atoms with Gasteiger partial charge in [0.15, 0.2) is 0 Å². The van der Waals surface area contributed by atoms with Gasteiger partial charge >= 0.3 is 0 Å². The molecule has 3 aliphatic carbocycles.